The lowest BCUT2D eigenvalue weighted by atomic mass is 9.97. The van der Waals surface area contributed by atoms with Crippen LogP contribution in [0.15, 0.2) is 59.0 Å². The lowest BCUT2D eigenvalue weighted by Gasteiger charge is -2.25. The molecule has 0 saturated carbocycles. The van der Waals surface area contributed by atoms with E-state index in [0.717, 1.165) is 36.0 Å². The van der Waals surface area contributed by atoms with Crippen LogP contribution >= 0.6 is 0 Å². The van der Waals surface area contributed by atoms with Gasteiger partial charge in [-0.05, 0) is 88.3 Å². The van der Waals surface area contributed by atoms with Crippen LogP contribution < -0.4 is 9.62 Å². The van der Waals surface area contributed by atoms with Crippen molar-refractivity contribution >= 4 is 21.6 Å². The average Bonchev–Trinajstić information content (AvgIpc) is 2.75. The van der Waals surface area contributed by atoms with Crippen molar-refractivity contribution in [1.29, 1.82) is 0 Å². The standard InChI is InChI=1S/C25H32N2O3S/c1-19-9-13-24(14-10-19)31(29,30)27(23-12-11-20(2)21(3)17-23)18-25(28)26-16-15-22-7-5-4-6-8-22/h7,9-14,17H,4-6,8,15-16,18H2,1-3H3,(H,26,28). The van der Waals surface area contributed by atoms with E-state index in [1.165, 1.54) is 22.7 Å². The van der Waals surface area contributed by atoms with E-state index in [1.807, 2.05) is 32.9 Å². The molecule has 1 amide bonds. The highest BCUT2D eigenvalue weighted by atomic mass is 32.2. The second-order valence-electron chi connectivity index (χ2n) is 8.30. The number of carbonyl (C=O) groups is 1. The molecule has 0 bridgehead atoms. The van der Waals surface area contributed by atoms with E-state index in [9.17, 15) is 13.2 Å². The maximum absolute atomic E-state index is 13.4. The maximum atomic E-state index is 13.4. The molecular formula is C25H32N2O3S. The maximum Gasteiger partial charge on any atom is 0.264 e. The molecule has 2 aromatic carbocycles. The van der Waals surface area contributed by atoms with Gasteiger partial charge < -0.3 is 5.32 Å². The van der Waals surface area contributed by atoms with E-state index in [2.05, 4.69) is 11.4 Å². The Hall–Kier alpha value is -2.60. The van der Waals surface area contributed by atoms with Crippen molar-refractivity contribution in [1.82, 2.24) is 5.32 Å². The molecule has 2 aromatic rings. The molecule has 0 radical (unpaired) electrons. The fraction of sp³-hybridized carbons (Fsp3) is 0.400. The molecule has 0 atom stereocenters. The minimum Gasteiger partial charge on any atom is -0.354 e. The van der Waals surface area contributed by atoms with E-state index >= 15 is 0 Å². The first-order valence-corrected chi connectivity index (χ1v) is 12.3. The second kappa shape index (κ2) is 10.1. The molecule has 0 fully saturated rings. The van der Waals surface area contributed by atoms with Crippen LogP contribution in [0, 0.1) is 20.8 Å². The summed E-state index contributed by atoms with van der Waals surface area (Å²) in [6.07, 6.45) is 7.72. The smallest absolute Gasteiger partial charge is 0.264 e. The zero-order valence-electron chi connectivity index (χ0n) is 18.6. The van der Waals surface area contributed by atoms with Crippen LogP contribution in [0.2, 0.25) is 0 Å². The van der Waals surface area contributed by atoms with E-state index in [4.69, 9.17) is 0 Å². The minimum atomic E-state index is -3.88. The lowest BCUT2D eigenvalue weighted by Crippen LogP contribution is -2.41. The van der Waals surface area contributed by atoms with Gasteiger partial charge in [-0.15, -0.1) is 0 Å². The Labute approximate surface area is 186 Å². The summed E-state index contributed by atoms with van der Waals surface area (Å²) in [5.74, 6) is -0.301. The Morgan fingerprint density at radius 3 is 2.39 bits per heavy atom. The number of sulfonamides is 1. The van der Waals surface area contributed by atoms with Gasteiger partial charge in [-0.2, -0.15) is 0 Å². The number of benzene rings is 2. The van der Waals surface area contributed by atoms with E-state index in [1.54, 1.807) is 30.3 Å². The highest BCUT2D eigenvalue weighted by Gasteiger charge is 2.27. The zero-order valence-corrected chi connectivity index (χ0v) is 19.5. The van der Waals surface area contributed by atoms with Gasteiger partial charge in [0.25, 0.3) is 10.0 Å². The molecule has 0 heterocycles. The van der Waals surface area contributed by atoms with Gasteiger partial charge in [0, 0.05) is 6.54 Å². The van der Waals surface area contributed by atoms with E-state index in [0.29, 0.717) is 12.2 Å². The topological polar surface area (TPSA) is 66.5 Å². The predicted octanol–water partition coefficient (Wildman–Crippen LogP) is 4.81. The molecule has 0 spiro atoms. The van der Waals surface area contributed by atoms with Crippen LogP contribution in [0.4, 0.5) is 5.69 Å². The number of nitrogens with one attached hydrogen (secondary N) is 1. The van der Waals surface area contributed by atoms with Gasteiger partial charge in [-0.1, -0.05) is 35.4 Å². The van der Waals surface area contributed by atoms with Gasteiger partial charge in [-0.25, -0.2) is 8.42 Å². The van der Waals surface area contributed by atoms with Gasteiger partial charge in [0.15, 0.2) is 0 Å². The number of hydrogen-bond donors (Lipinski definition) is 1. The Morgan fingerprint density at radius 1 is 1.00 bits per heavy atom. The highest BCUT2D eigenvalue weighted by molar-refractivity contribution is 7.92. The molecule has 166 valence electrons. The molecule has 1 aliphatic carbocycles. The molecule has 5 nitrogen and oxygen atoms in total. The monoisotopic (exact) mass is 440 g/mol. The predicted molar refractivity (Wildman–Crippen MR) is 126 cm³/mol. The average molecular weight is 441 g/mol. The van der Waals surface area contributed by atoms with Crippen molar-refractivity contribution < 1.29 is 13.2 Å². The van der Waals surface area contributed by atoms with Gasteiger partial charge in [0.1, 0.15) is 6.54 Å². The van der Waals surface area contributed by atoms with Crippen molar-refractivity contribution in [3.63, 3.8) is 0 Å². The summed E-state index contributed by atoms with van der Waals surface area (Å²) in [7, 11) is -3.88. The first-order valence-electron chi connectivity index (χ1n) is 10.9. The third kappa shape index (κ3) is 5.97. The Kier molecular flexibility index (Phi) is 7.55. The molecule has 1 N–H and O–H groups in total. The van der Waals surface area contributed by atoms with Crippen LogP contribution in [-0.2, 0) is 14.8 Å². The number of carbonyl (C=O) groups excluding carboxylic acids is 1. The van der Waals surface area contributed by atoms with Crippen LogP contribution in [0.25, 0.3) is 0 Å². The molecule has 31 heavy (non-hydrogen) atoms. The van der Waals surface area contributed by atoms with Crippen molar-refractivity contribution in [3.05, 3.63) is 70.8 Å². The van der Waals surface area contributed by atoms with Gasteiger partial charge in [-0.3, -0.25) is 9.10 Å². The second-order valence-corrected chi connectivity index (χ2v) is 10.2. The largest absolute Gasteiger partial charge is 0.354 e. The quantitative estimate of drug-likeness (QED) is 0.599. The number of nitrogens with zero attached hydrogens (tertiary/aromatic N) is 1. The summed E-state index contributed by atoms with van der Waals surface area (Å²) in [6, 6.07) is 12.2. The fourth-order valence-corrected chi connectivity index (χ4v) is 5.13. The van der Waals surface area contributed by atoms with E-state index in [-0.39, 0.29) is 17.3 Å². The Morgan fingerprint density at radius 2 is 1.74 bits per heavy atom. The molecule has 0 aromatic heterocycles. The number of anilines is 1. The van der Waals surface area contributed by atoms with E-state index < -0.39 is 10.0 Å². The first kappa shape index (κ1) is 23.1. The highest BCUT2D eigenvalue weighted by Crippen LogP contribution is 2.26. The lowest BCUT2D eigenvalue weighted by molar-refractivity contribution is -0.119. The molecule has 1 aliphatic rings. The van der Waals surface area contributed by atoms with Crippen molar-refractivity contribution in [3.8, 4) is 0 Å². The van der Waals surface area contributed by atoms with Gasteiger partial charge in [0.05, 0.1) is 10.6 Å². The summed E-state index contributed by atoms with van der Waals surface area (Å²) >= 11 is 0. The fourth-order valence-electron chi connectivity index (χ4n) is 3.71. The van der Waals surface area contributed by atoms with Crippen LogP contribution in [0.3, 0.4) is 0 Å². The molecule has 3 rings (SSSR count). The van der Waals surface area contributed by atoms with Crippen LogP contribution in [0.1, 0.15) is 48.8 Å². The summed E-state index contributed by atoms with van der Waals surface area (Å²) in [5.41, 5.74) is 4.90. The van der Waals surface area contributed by atoms with Gasteiger partial charge in [0.2, 0.25) is 5.91 Å². The molecular weight excluding hydrogens is 408 g/mol. The molecule has 0 aliphatic heterocycles. The number of aryl methyl sites for hydroxylation is 3. The number of amides is 1. The van der Waals surface area contributed by atoms with Crippen LogP contribution in [-0.4, -0.2) is 27.4 Å². The minimum absolute atomic E-state index is 0.177. The van der Waals surface area contributed by atoms with Crippen molar-refractivity contribution in [2.24, 2.45) is 0 Å². The zero-order chi connectivity index (χ0) is 22.4. The van der Waals surface area contributed by atoms with Crippen molar-refractivity contribution in [2.75, 3.05) is 17.4 Å². The molecule has 0 saturated heterocycles. The number of hydrogen-bond acceptors (Lipinski definition) is 3. The summed E-state index contributed by atoms with van der Waals surface area (Å²) in [5, 5.41) is 2.90. The third-order valence-electron chi connectivity index (χ3n) is 5.83. The molecule has 6 heteroatoms. The SMILES string of the molecule is Cc1ccc(S(=O)(=O)N(CC(=O)NCCC2=CCCCC2)c2ccc(C)c(C)c2)cc1. The first-order chi connectivity index (χ1) is 14.8. The van der Waals surface area contributed by atoms with Crippen LogP contribution in [0.5, 0.6) is 0 Å². The number of allylic oxidation sites excluding steroid dienone is 1. The molecule has 0 unspecified atom stereocenters. The summed E-state index contributed by atoms with van der Waals surface area (Å²) in [4.78, 5) is 12.9. The summed E-state index contributed by atoms with van der Waals surface area (Å²) < 4.78 is 28.1. The van der Waals surface area contributed by atoms with Crippen molar-refractivity contribution in [2.45, 2.75) is 57.8 Å². The third-order valence-corrected chi connectivity index (χ3v) is 7.62. The Balaban J connectivity index is 1.80. The Bertz CT molecular complexity index is 1060. The number of rotatable bonds is 8. The summed E-state index contributed by atoms with van der Waals surface area (Å²) in [6.45, 7) is 6.10. The van der Waals surface area contributed by atoms with Gasteiger partial charge >= 0.3 is 0 Å². The normalized spacial score (nSPS) is 14.1.